The lowest BCUT2D eigenvalue weighted by Crippen LogP contribution is -2.31. The third-order valence-electron chi connectivity index (χ3n) is 6.53. The van der Waals surface area contributed by atoms with Crippen molar-refractivity contribution in [1.82, 2.24) is 14.9 Å². The number of anilines is 1. The average molecular weight is 447 g/mol. The van der Waals surface area contributed by atoms with E-state index in [4.69, 9.17) is 17.0 Å². The lowest BCUT2D eigenvalue weighted by Gasteiger charge is -2.29. The molecule has 0 amide bonds. The van der Waals surface area contributed by atoms with Crippen molar-refractivity contribution in [3.05, 3.63) is 83.9 Å². The molecule has 0 unspecified atom stereocenters. The normalized spacial score (nSPS) is 23.2. The van der Waals surface area contributed by atoms with Gasteiger partial charge in [0.2, 0.25) is 0 Å². The molecule has 2 saturated heterocycles. The number of ether oxygens (including phenoxy) is 1. The zero-order valence-corrected chi connectivity index (χ0v) is 19.5. The minimum atomic E-state index is -0.0355. The lowest BCUT2D eigenvalue weighted by atomic mass is 9.99. The van der Waals surface area contributed by atoms with Gasteiger partial charge >= 0.3 is 0 Å². The first-order valence-electron chi connectivity index (χ1n) is 11.5. The third kappa shape index (κ3) is 4.05. The van der Waals surface area contributed by atoms with Crippen molar-refractivity contribution in [2.45, 2.75) is 57.3 Å². The highest BCUT2D eigenvalue weighted by atomic mass is 32.1. The molecule has 6 heteroatoms. The number of nitrogens with one attached hydrogen (secondary N) is 1. The molecule has 32 heavy (non-hydrogen) atoms. The van der Waals surface area contributed by atoms with E-state index >= 15 is 0 Å². The second-order valence-electron chi connectivity index (χ2n) is 8.96. The predicted octanol–water partition coefficient (Wildman–Crippen LogP) is 5.36. The Hall–Kier alpha value is -2.70. The largest absolute Gasteiger partial charge is 0.376 e. The molecule has 2 aliphatic heterocycles. The minimum Gasteiger partial charge on any atom is -0.376 e. The second-order valence-corrected chi connectivity index (χ2v) is 9.35. The van der Waals surface area contributed by atoms with Crippen molar-refractivity contribution in [3.8, 4) is 0 Å². The van der Waals surface area contributed by atoms with Crippen LogP contribution in [0.3, 0.4) is 0 Å². The van der Waals surface area contributed by atoms with Crippen LogP contribution in [-0.2, 0) is 11.3 Å². The molecule has 0 spiro atoms. The molecule has 4 heterocycles. The molecule has 3 atom stereocenters. The van der Waals surface area contributed by atoms with Crippen LogP contribution < -0.4 is 10.2 Å². The predicted molar refractivity (Wildman–Crippen MR) is 132 cm³/mol. The van der Waals surface area contributed by atoms with E-state index in [1.165, 1.54) is 11.3 Å². The summed E-state index contributed by atoms with van der Waals surface area (Å²) in [6.07, 6.45) is 6.54. The number of hydrogen-bond acceptors (Lipinski definition) is 3. The number of rotatable bonds is 6. The highest BCUT2D eigenvalue weighted by Gasteiger charge is 2.42. The third-order valence-corrected chi connectivity index (χ3v) is 6.84. The Morgan fingerprint density at radius 3 is 2.66 bits per heavy atom. The van der Waals surface area contributed by atoms with Gasteiger partial charge in [-0.05, 0) is 72.9 Å². The minimum absolute atomic E-state index is 0.00120. The summed E-state index contributed by atoms with van der Waals surface area (Å²) in [4.78, 5) is 6.92. The Kier molecular flexibility index (Phi) is 5.98. The molecule has 166 valence electrons. The van der Waals surface area contributed by atoms with Gasteiger partial charge in [0, 0.05) is 36.9 Å². The van der Waals surface area contributed by atoms with Crippen LogP contribution >= 0.6 is 12.2 Å². The molecule has 2 aliphatic rings. The molecule has 2 aromatic heterocycles. The van der Waals surface area contributed by atoms with Crippen molar-refractivity contribution in [3.63, 3.8) is 0 Å². The number of hydrogen-bond donors (Lipinski definition) is 1. The molecule has 5 nitrogen and oxygen atoms in total. The van der Waals surface area contributed by atoms with Crippen molar-refractivity contribution in [2.24, 2.45) is 0 Å². The van der Waals surface area contributed by atoms with Crippen LogP contribution in [0.1, 0.15) is 61.6 Å². The van der Waals surface area contributed by atoms with E-state index in [0.717, 1.165) is 42.5 Å². The Morgan fingerprint density at radius 2 is 1.97 bits per heavy atom. The van der Waals surface area contributed by atoms with E-state index in [-0.39, 0.29) is 18.2 Å². The van der Waals surface area contributed by atoms with Crippen LogP contribution in [0.2, 0.25) is 0 Å². The van der Waals surface area contributed by atoms with Gasteiger partial charge in [-0.25, -0.2) is 0 Å². The van der Waals surface area contributed by atoms with Crippen LogP contribution in [0.5, 0.6) is 0 Å². The smallest absolute Gasteiger partial charge is 0.174 e. The fourth-order valence-corrected chi connectivity index (χ4v) is 5.17. The van der Waals surface area contributed by atoms with Crippen molar-refractivity contribution < 1.29 is 4.74 Å². The summed E-state index contributed by atoms with van der Waals surface area (Å²) in [5, 5.41) is 4.30. The van der Waals surface area contributed by atoms with E-state index in [1.54, 1.807) is 0 Å². The summed E-state index contributed by atoms with van der Waals surface area (Å²) in [7, 11) is 0. The quantitative estimate of drug-likeness (QED) is 0.516. The first-order chi connectivity index (χ1) is 15.6. The van der Waals surface area contributed by atoms with Crippen LogP contribution in [0.4, 0.5) is 5.69 Å². The van der Waals surface area contributed by atoms with Crippen molar-refractivity contribution in [1.29, 1.82) is 0 Å². The first-order valence-corrected chi connectivity index (χ1v) is 11.9. The first kappa shape index (κ1) is 21.2. The number of pyridine rings is 1. The van der Waals surface area contributed by atoms with Gasteiger partial charge in [-0.1, -0.05) is 32.0 Å². The standard InChI is InChI=1S/C26H30N4OS/c1-18(2)19-10-12-20(13-11-19)30-25(24(28-26(30)32)22-8-3-4-14-27-22)23-9-5-15-29(23)17-21-7-6-16-31-21/h3-5,8-15,18,21,24-25H,6-7,16-17H2,1-2H3,(H,28,32)/t21-,24-,25-/m0/s1. The lowest BCUT2D eigenvalue weighted by molar-refractivity contribution is 0.0961. The van der Waals surface area contributed by atoms with Gasteiger partial charge in [0.05, 0.1) is 17.8 Å². The van der Waals surface area contributed by atoms with Gasteiger partial charge in [0.15, 0.2) is 5.11 Å². The highest BCUT2D eigenvalue weighted by Crippen LogP contribution is 2.42. The topological polar surface area (TPSA) is 42.3 Å². The fourth-order valence-electron chi connectivity index (χ4n) is 4.82. The molecule has 1 aromatic carbocycles. The molecule has 1 N–H and O–H groups in total. The molecule has 2 fully saturated rings. The number of thiocarbonyl (C=S) groups is 1. The van der Waals surface area contributed by atoms with Gasteiger partial charge in [-0.3, -0.25) is 4.98 Å². The second kappa shape index (κ2) is 9.04. The van der Waals surface area contributed by atoms with Crippen LogP contribution in [0, 0.1) is 0 Å². The highest BCUT2D eigenvalue weighted by molar-refractivity contribution is 7.80. The van der Waals surface area contributed by atoms with Gasteiger partial charge in [-0.15, -0.1) is 0 Å². The van der Waals surface area contributed by atoms with Crippen molar-refractivity contribution >= 4 is 23.0 Å². The number of aromatic nitrogens is 2. The Balaban J connectivity index is 1.55. The number of benzene rings is 1. The van der Waals surface area contributed by atoms with Gasteiger partial charge < -0.3 is 19.5 Å². The fraction of sp³-hybridized carbons (Fsp3) is 0.385. The molecular weight excluding hydrogens is 416 g/mol. The zero-order valence-electron chi connectivity index (χ0n) is 18.6. The maximum absolute atomic E-state index is 5.94. The average Bonchev–Trinajstić information content (AvgIpc) is 3.55. The maximum atomic E-state index is 5.94. The summed E-state index contributed by atoms with van der Waals surface area (Å²) in [5.74, 6) is 0.494. The summed E-state index contributed by atoms with van der Waals surface area (Å²) in [5.41, 5.74) is 4.63. The van der Waals surface area contributed by atoms with Gasteiger partial charge in [0.25, 0.3) is 0 Å². The zero-order chi connectivity index (χ0) is 22.1. The Morgan fingerprint density at radius 1 is 1.12 bits per heavy atom. The van der Waals surface area contributed by atoms with E-state index in [0.29, 0.717) is 5.92 Å². The molecule has 0 aliphatic carbocycles. The van der Waals surface area contributed by atoms with Gasteiger partial charge in [0.1, 0.15) is 6.04 Å². The molecule has 0 radical (unpaired) electrons. The van der Waals surface area contributed by atoms with Crippen LogP contribution in [0.15, 0.2) is 67.0 Å². The SMILES string of the molecule is CC(C)c1ccc(N2C(=S)N[C@@H](c3ccccn3)[C@@H]2c2cccn2C[C@@H]2CCCO2)cc1. The van der Waals surface area contributed by atoms with E-state index < -0.39 is 0 Å². The van der Waals surface area contributed by atoms with Crippen molar-refractivity contribution in [2.75, 3.05) is 11.5 Å². The summed E-state index contributed by atoms with van der Waals surface area (Å²) >= 11 is 5.87. The maximum Gasteiger partial charge on any atom is 0.174 e. The van der Waals surface area contributed by atoms with E-state index in [9.17, 15) is 0 Å². The molecule has 0 bridgehead atoms. The van der Waals surface area contributed by atoms with Crippen LogP contribution in [0.25, 0.3) is 0 Å². The summed E-state index contributed by atoms with van der Waals surface area (Å²) in [6, 6.07) is 19.1. The van der Waals surface area contributed by atoms with E-state index in [2.05, 4.69) is 82.3 Å². The van der Waals surface area contributed by atoms with Crippen LogP contribution in [-0.4, -0.2) is 27.4 Å². The Labute approximate surface area is 195 Å². The summed E-state index contributed by atoms with van der Waals surface area (Å²) in [6.45, 7) is 6.16. The molecule has 3 aromatic rings. The molecule has 5 rings (SSSR count). The molecular formula is C26H30N4OS. The van der Waals surface area contributed by atoms with Gasteiger partial charge in [-0.2, -0.15) is 0 Å². The Bertz CT molecular complexity index is 1060. The van der Waals surface area contributed by atoms with E-state index in [1.807, 2.05) is 18.3 Å². The number of nitrogens with zero attached hydrogens (tertiary/aromatic N) is 3. The summed E-state index contributed by atoms with van der Waals surface area (Å²) < 4.78 is 8.27. The monoisotopic (exact) mass is 446 g/mol. The molecule has 0 saturated carbocycles.